The smallest absolute Gasteiger partial charge is 0.410 e. The molecule has 0 saturated carbocycles. The van der Waals surface area contributed by atoms with Crippen LogP contribution >= 0.6 is 11.6 Å². The molecule has 49 heavy (non-hydrogen) atoms. The standard InChI is InChI=1S/C32H32ClF4N9O3/c1-30(2,3)16-32(22-7-4-19(5-8-22)21-13-40-45(14-21)27(34)35)26(47)46(28(38)41-32)25(15-49-29(48)43-17-31(36,37)18-43)20-6-9-23(33)24(12-20)44-11-10-39-42-44/h4-14,25,27H,15-18H2,1-3H3,(H2,38,41)/t25-,32-/m1/s1. The molecule has 2 aliphatic rings. The van der Waals surface area contributed by atoms with Gasteiger partial charge in [0.25, 0.3) is 11.8 Å². The highest BCUT2D eigenvalue weighted by Gasteiger charge is 2.53. The van der Waals surface area contributed by atoms with E-state index < -0.39 is 61.2 Å². The minimum Gasteiger partial charge on any atom is -0.447 e. The zero-order valence-electron chi connectivity index (χ0n) is 26.6. The topological polar surface area (TPSA) is 137 Å². The first-order valence-electron chi connectivity index (χ1n) is 15.1. The third-order valence-corrected chi connectivity index (χ3v) is 8.53. The molecule has 1 saturated heterocycles. The maximum Gasteiger partial charge on any atom is 0.410 e. The van der Waals surface area contributed by atoms with Crippen LogP contribution in [0.2, 0.25) is 5.02 Å². The predicted molar refractivity (Wildman–Crippen MR) is 170 cm³/mol. The minimum atomic E-state index is -3.01. The van der Waals surface area contributed by atoms with E-state index in [0.717, 1.165) is 4.90 Å². The van der Waals surface area contributed by atoms with Crippen LogP contribution in [0.4, 0.5) is 22.4 Å². The van der Waals surface area contributed by atoms with Crippen LogP contribution < -0.4 is 5.73 Å². The number of benzene rings is 2. The molecule has 6 rings (SSSR count). The number of carbonyl (C=O) groups excluding carboxylic acids is 2. The summed E-state index contributed by atoms with van der Waals surface area (Å²) in [5.74, 6) is -3.69. The van der Waals surface area contributed by atoms with Crippen molar-refractivity contribution < 1.29 is 31.9 Å². The number of aliphatic imine (C=N–C) groups is 1. The molecular formula is C32H32ClF4N9O3. The van der Waals surface area contributed by atoms with Gasteiger partial charge in [0.15, 0.2) is 11.5 Å². The fraction of sp³-hybridized carbons (Fsp3) is 0.375. The third kappa shape index (κ3) is 6.69. The number of likely N-dealkylation sites (tertiary alicyclic amines) is 1. The summed E-state index contributed by atoms with van der Waals surface area (Å²) in [4.78, 5) is 34.4. The lowest BCUT2D eigenvalue weighted by Gasteiger charge is -2.38. The summed E-state index contributed by atoms with van der Waals surface area (Å²) in [5.41, 5.74) is 6.93. The summed E-state index contributed by atoms with van der Waals surface area (Å²) in [5, 5.41) is 11.8. The van der Waals surface area contributed by atoms with Crippen molar-refractivity contribution in [2.45, 2.75) is 51.2 Å². The van der Waals surface area contributed by atoms with Gasteiger partial charge in [-0.25, -0.2) is 27.9 Å². The van der Waals surface area contributed by atoms with Gasteiger partial charge in [-0.15, -0.1) is 5.10 Å². The molecule has 2 aromatic carbocycles. The molecule has 0 spiro atoms. The Kier molecular flexibility index (Phi) is 8.63. The van der Waals surface area contributed by atoms with E-state index in [4.69, 9.17) is 27.1 Å². The van der Waals surface area contributed by atoms with Gasteiger partial charge < -0.3 is 10.5 Å². The van der Waals surface area contributed by atoms with Crippen LogP contribution in [0.1, 0.15) is 50.9 Å². The van der Waals surface area contributed by atoms with E-state index in [1.165, 1.54) is 28.2 Å². The first-order chi connectivity index (χ1) is 23.1. The summed E-state index contributed by atoms with van der Waals surface area (Å²) < 4.78 is 60.8. The van der Waals surface area contributed by atoms with Crippen LogP contribution in [-0.4, -0.2) is 78.2 Å². The van der Waals surface area contributed by atoms with E-state index in [-0.39, 0.29) is 12.4 Å². The second-order valence-corrected chi connectivity index (χ2v) is 13.6. The Hall–Kier alpha value is -4.99. The van der Waals surface area contributed by atoms with Crippen molar-refractivity contribution in [3.63, 3.8) is 0 Å². The van der Waals surface area contributed by atoms with Gasteiger partial charge >= 0.3 is 12.6 Å². The zero-order valence-corrected chi connectivity index (χ0v) is 27.4. The number of rotatable bonds is 9. The fourth-order valence-electron chi connectivity index (χ4n) is 6.06. The SMILES string of the molecule is CC(C)(C)C[C@]1(c2ccc(-c3cnn(C(F)F)c3)cc2)N=C(N)N([C@H](COC(=O)N2CC(F)(F)C2)c2ccc(Cl)c(-n3ccnn3)c2)C1=O. The van der Waals surface area contributed by atoms with Gasteiger partial charge in [0, 0.05) is 11.8 Å². The Morgan fingerprint density at radius 2 is 1.82 bits per heavy atom. The molecule has 2 aromatic heterocycles. The summed E-state index contributed by atoms with van der Waals surface area (Å²) in [7, 11) is 0. The number of nitrogens with zero attached hydrogens (tertiary/aromatic N) is 8. The van der Waals surface area contributed by atoms with Gasteiger partial charge in [-0.05, 0) is 40.7 Å². The molecule has 12 nitrogen and oxygen atoms in total. The number of aromatic nitrogens is 5. The maximum atomic E-state index is 14.8. The highest BCUT2D eigenvalue weighted by Crippen LogP contribution is 2.45. The quantitative estimate of drug-likeness (QED) is 0.218. The molecule has 2 N–H and O–H groups in total. The monoisotopic (exact) mass is 701 g/mol. The lowest BCUT2D eigenvalue weighted by Crippen LogP contribution is -2.58. The first kappa shape index (κ1) is 33.9. The highest BCUT2D eigenvalue weighted by atomic mass is 35.5. The average molecular weight is 702 g/mol. The van der Waals surface area contributed by atoms with Crippen LogP contribution in [-0.2, 0) is 15.1 Å². The third-order valence-electron chi connectivity index (χ3n) is 8.21. The van der Waals surface area contributed by atoms with E-state index in [9.17, 15) is 27.2 Å². The van der Waals surface area contributed by atoms with E-state index in [1.54, 1.807) is 48.7 Å². The van der Waals surface area contributed by atoms with E-state index in [0.29, 0.717) is 37.6 Å². The van der Waals surface area contributed by atoms with Gasteiger partial charge in [-0.2, -0.15) is 13.9 Å². The molecule has 258 valence electrons. The number of guanidine groups is 1. The number of carbonyl (C=O) groups is 2. The highest BCUT2D eigenvalue weighted by molar-refractivity contribution is 6.32. The van der Waals surface area contributed by atoms with Crippen molar-refractivity contribution in [3.8, 4) is 16.8 Å². The fourth-order valence-corrected chi connectivity index (χ4v) is 6.26. The molecule has 2 atom stereocenters. The maximum absolute atomic E-state index is 14.8. The average Bonchev–Trinajstić information content (AvgIpc) is 3.78. The largest absolute Gasteiger partial charge is 0.447 e. The molecule has 4 aromatic rings. The Morgan fingerprint density at radius 1 is 1.10 bits per heavy atom. The summed E-state index contributed by atoms with van der Waals surface area (Å²) in [6, 6.07) is 10.5. The molecule has 2 amide bonds. The van der Waals surface area contributed by atoms with Crippen molar-refractivity contribution in [2.75, 3.05) is 19.7 Å². The van der Waals surface area contributed by atoms with Crippen LogP contribution in [0, 0.1) is 5.41 Å². The van der Waals surface area contributed by atoms with Crippen molar-refractivity contribution in [3.05, 3.63) is 83.4 Å². The first-order valence-corrected chi connectivity index (χ1v) is 15.5. The van der Waals surface area contributed by atoms with E-state index >= 15 is 0 Å². The predicted octanol–water partition coefficient (Wildman–Crippen LogP) is 5.80. The molecular weight excluding hydrogens is 670 g/mol. The number of ether oxygens (including phenoxy) is 1. The Morgan fingerprint density at radius 3 is 2.41 bits per heavy atom. The van der Waals surface area contributed by atoms with E-state index in [2.05, 4.69) is 15.4 Å². The number of hydrogen-bond acceptors (Lipinski definition) is 8. The normalized spacial score (nSPS) is 19.6. The minimum absolute atomic E-state index is 0.162. The molecule has 0 radical (unpaired) electrons. The summed E-state index contributed by atoms with van der Waals surface area (Å²) in [6.45, 7) is 0.996. The number of alkyl halides is 4. The van der Waals surface area contributed by atoms with E-state index in [1.807, 2.05) is 20.8 Å². The number of nitrogens with two attached hydrogens (primary N) is 1. The second kappa shape index (κ2) is 12.5. The van der Waals surface area contributed by atoms with Gasteiger partial charge in [0.05, 0.1) is 48.4 Å². The van der Waals surface area contributed by atoms with Gasteiger partial charge in [0.2, 0.25) is 0 Å². The molecule has 17 heteroatoms. The second-order valence-electron chi connectivity index (χ2n) is 13.2. The Labute approximate surface area is 283 Å². The molecule has 1 fully saturated rings. The molecule has 0 aliphatic carbocycles. The Bertz CT molecular complexity index is 1890. The molecule has 4 heterocycles. The number of hydrogen-bond donors (Lipinski definition) is 1. The van der Waals surface area contributed by atoms with Crippen LogP contribution in [0.3, 0.4) is 0 Å². The van der Waals surface area contributed by atoms with Crippen molar-refractivity contribution in [2.24, 2.45) is 16.1 Å². The number of halogens is 5. The number of amides is 2. The summed E-state index contributed by atoms with van der Waals surface area (Å²) in [6.07, 6.45) is 4.79. The molecule has 0 unspecified atom stereocenters. The lowest BCUT2D eigenvalue weighted by atomic mass is 9.75. The van der Waals surface area contributed by atoms with Gasteiger partial charge in [-0.3, -0.25) is 14.6 Å². The zero-order chi connectivity index (χ0) is 35.3. The van der Waals surface area contributed by atoms with Crippen molar-refractivity contribution in [1.82, 2.24) is 34.6 Å². The van der Waals surface area contributed by atoms with Crippen LogP contribution in [0.25, 0.3) is 16.8 Å². The van der Waals surface area contributed by atoms with Crippen LogP contribution in [0.5, 0.6) is 0 Å². The van der Waals surface area contributed by atoms with Crippen molar-refractivity contribution >= 4 is 29.6 Å². The summed E-state index contributed by atoms with van der Waals surface area (Å²) >= 11 is 6.48. The van der Waals surface area contributed by atoms with Gasteiger partial charge in [-0.1, -0.05) is 67.9 Å². The van der Waals surface area contributed by atoms with Gasteiger partial charge in [0.1, 0.15) is 6.61 Å². The van der Waals surface area contributed by atoms with Crippen molar-refractivity contribution in [1.29, 1.82) is 0 Å². The molecule has 2 aliphatic heterocycles. The Balaban J connectivity index is 1.38. The lowest BCUT2D eigenvalue weighted by molar-refractivity contribution is -0.135. The van der Waals surface area contributed by atoms with Crippen LogP contribution in [0.15, 0.2) is 72.2 Å². The molecule has 0 bridgehead atoms.